The number of aromatic nitrogens is 4. The molecule has 0 fully saturated rings. The number of benzene rings is 2. The first-order chi connectivity index (χ1) is 14.9. The van der Waals surface area contributed by atoms with E-state index < -0.39 is 18.0 Å². The number of aliphatic hydroxyl groups is 1. The van der Waals surface area contributed by atoms with E-state index in [0.29, 0.717) is 28.1 Å². The maximum absolute atomic E-state index is 13.4. The van der Waals surface area contributed by atoms with Gasteiger partial charge in [0.25, 0.3) is 0 Å². The molecule has 0 saturated carbocycles. The molecule has 4 rings (SSSR count). The summed E-state index contributed by atoms with van der Waals surface area (Å²) in [5.74, 6) is 0.268. The van der Waals surface area contributed by atoms with Gasteiger partial charge in [0.2, 0.25) is 5.95 Å². The fraction of sp³-hybridized carbons (Fsp3) is 0.143. The number of halogens is 2. The lowest BCUT2D eigenvalue weighted by molar-refractivity contribution is 0.160. The molecule has 0 aliphatic heterocycles. The number of fused-ring (bicyclic) bond motifs is 1. The van der Waals surface area contributed by atoms with Gasteiger partial charge < -0.3 is 20.8 Å². The van der Waals surface area contributed by atoms with Gasteiger partial charge in [-0.05, 0) is 42.8 Å². The predicted octanol–water partition coefficient (Wildman–Crippen LogP) is 4.20. The van der Waals surface area contributed by atoms with Crippen LogP contribution in [-0.2, 0) is 0 Å². The number of aromatic hydroxyl groups is 1. The van der Waals surface area contributed by atoms with Gasteiger partial charge in [-0.3, -0.25) is 0 Å². The summed E-state index contributed by atoms with van der Waals surface area (Å²) in [6, 6.07) is 10.1. The molecule has 4 N–H and O–H groups in total. The van der Waals surface area contributed by atoms with Gasteiger partial charge in [0.05, 0.1) is 23.4 Å². The van der Waals surface area contributed by atoms with Crippen molar-refractivity contribution in [3.63, 3.8) is 0 Å². The normalized spacial score (nSPS) is 13.0. The molecule has 0 aliphatic rings. The highest BCUT2D eigenvalue weighted by Crippen LogP contribution is 2.26. The van der Waals surface area contributed by atoms with Crippen molar-refractivity contribution >= 4 is 40.1 Å². The Morgan fingerprint density at radius 1 is 1.06 bits per heavy atom. The van der Waals surface area contributed by atoms with Gasteiger partial charge in [-0.1, -0.05) is 23.7 Å². The molecular weight excluding hydrogens is 423 g/mol. The smallest absolute Gasteiger partial charge is 0.223 e. The summed E-state index contributed by atoms with van der Waals surface area (Å²) in [6.45, 7) is 1.78. The van der Waals surface area contributed by atoms with Crippen LogP contribution in [0.3, 0.4) is 0 Å². The number of hydrogen-bond donors (Lipinski definition) is 4. The van der Waals surface area contributed by atoms with E-state index in [9.17, 15) is 14.6 Å². The van der Waals surface area contributed by atoms with E-state index in [1.165, 1.54) is 42.9 Å². The van der Waals surface area contributed by atoms with Gasteiger partial charge >= 0.3 is 0 Å². The van der Waals surface area contributed by atoms with Gasteiger partial charge in [0.15, 0.2) is 5.82 Å². The van der Waals surface area contributed by atoms with Crippen molar-refractivity contribution in [3.05, 3.63) is 71.4 Å². The number of phenolic OH excluding ortho intramolecular Hbond substituents is 1. The number of rotatable bonds is 6. The Labute approximate surface area is 181 Å². The molecular formula is C21H18ClFN6O2. The van der Waals surface area contributed by atoms with Gasteiger partial charge in [-0.15, -0.1) is 0 Å². The molecule has 2 aromatic carbocycles. The van der Waals surface area contributed by atoms with Gasteiger partial charge in [0, 0.05) is 5.69 Å². The molecule has 0 saturated heterocycles. The summed E-state index contributed by atoms with van der Waals surface area (Å²) in [7, 11) is 0. The molecule has 2 unspecified atom stereocenters. The number of hydrogen-bond acceptors (Lipinski definition) is 8. The summed E-state index contributed by atoms with van der Waals surface area (Å²) < 4.78 is 13.4. The second-order valence-corrected chi connectivity index (χ2v) is 7.28. The van der Waals surface area contributed by atoms with Crippen LogP contribution in [0.15, 0.2) is 55.0 Å². The molecule has 2 aromatic heterocycles. The van der Waals surface area contributed by atoms with E-state index >= 15 is 0 Å². The van der Waals surface area contributed by atoms with Crippen molar-refractivity contribution < 1.29 is 14.6 Å². The quantitative estimate of drug-likeness (QED) is 0.352. The van der Waals surface area contributed by atoms with Gasteiger partial charge in [-0.25, -0.2) is 24.3 Å². The molecule has 0 aliphatic carbocycles. The largest absolute Gasteiger partial charge is 0.508 e. The Balaban J connectivity index is 1.58. The summed E-state index contributed by atoms with van der Waals surface area (Å²) in [5.41, 5.74) is 2.11. The lowest BCUT2D eigenvalue weighted by atomic mass is 10.0. The van der Waals surface area contributed by atoms with E-state index in [1.54, 1.807) is 19.1 Å². The second-order valence-electron chi connectivity index (χ2n) is 6.87. The Bertz CT molecular complexity index is 1220. The molecule has 8 nitrogen and oxygen atoms in total. The van der Waals surface area contributed by atoms with Crippen LogP contribution in [0, 0.1) is 5.82 Å². The third-order valence-electron chi connectivity index (χ3n) is 4.62. The minimum atomic E-state index is -0.856. The first-order valence-electron chi connectivity index (χ1n) is 9.34. The van der Waals surface area contributed by atoms with E-state index in [4.69, 9.17) is 11.6 Å². The lowest BCUT2D eigenvalue weighted by Gasteiger charge is -2.20. The van der Waals surface area contributed by atoms with E-state index in [2.05, 4.69) is 30.6 Å². The molecule has 2 atom stereocenters. The molecule has 0 spiro atoms. The van der Waals surface area contributed by atoms with Crippen molar-refractivity contribution in [1.29, 1.82) is 0 Å². The molecule has 4 aromatic rings. The topological polar surface area (TPSA) is 116 Å². The maximum Gasteiger partial charge on any atom is 0.223 e. The van der Waals surface area contributed by atoms with Crippen molar-refractivity contribution in [2.24, 2.45) is 0 Å². The standard InChI is InChI=1S/C21H18ClFN6O2/c1-11(19(31)12-2-5-14(30)6-3-12)27-21-24-9-17-18(29-21)20(26-10-25-17)28-13-4-7-16(23)15(22)8-13/h2-11,19,30-31H,1H3,(H,24,27,29)(H,25,26,28). The Morgan fingerprint density at radius 2 is 1.84 bits per heavy atom. The summed E-state index contributed by atoms with van der Waals surface area (Å²) in [6.07, 6.45) is 2.05. The first kappa shape index (κ1) is 20.7. The third kappa shape index (κ3) is 4.62. The first-order valence-corrected chi connectivity index (χ1v) is 9.72. The van der Waals surface area contributed by atoms with E-state index in [1.807, 2.05) is 0 Å². The van der Waals surface area contributed by atoms with Crippen LogP contribution in [0.1, 0.15) is 18.6 Å². The average Bonchev–Trinajstić information content (AvgIpc) is 2.76. The van der Waals surface area contributed by atoms with Crippen LogP contribution in [0.25, 0.3) is 11.0 Å². The number of anilines is 3. The SMILES string of the molecule is CC(Nc1ncc2ncnc(Nc3ccc(F)c(Cl)c3)c2n1)C(O)c1ccc(O)cc1. The van der Waals surface area contributed by atoms with Crippen LogP contribution < -0.4 is 10.6 Å². The Kier molecular flexibility index (Phi) is 5.79. The van der Waals surface area contributed by atoms with E-state index in [-0.39, 0.29) is 16.7 Å². The third-order valence-corrected chi connectivity index (χ3v) is 4.91. The molecule has 10 heteroatoms. The highest BCUT2D eigenvalue weighted by atomic mass is 35.5. The maximum atomic E-state index is 13.4. The van der Waals surface area contributed by atoms with Crippen LogP contribution in [0.2, 0.25) is 5.02 Å². The predicted molar refractivity (Wildman–Crippen MR) is 116 cm³/mol. The number of phenols is 1. The molecule has 2 heterocycles. The fourth-order valence-electron chi connectivity index (χ4n) is 2.97. The minimum absolute atomic E-state index is 0.0163. The second kappa shape index (κ2) is 8.66. The van der Waals surface area contributed by atoms with Crippen molar-refractivity contribution in [1.82, 2.24) is 19.9 Å². The highest BCUT2D eigenvalue weighted by molar-refractivity contribution is 6.31. The van der Waals surface area contributed by atoms with Gasteiger partial charge in [0.1, 0.15) is 28.9 Å². The fourth-order valence-corrected chi connectivity index (χ4v) is 3.15. The number of nitrogens with zero attached hydrogens (tertiary/aromatic N) is 4. The molecule has 0 radical (unpaired) electrons. The summed E-state index contributed by atoms with van der Waals surface area (Å²) in [4.78, 5) is 17.1. The highest BCUT2D eigenvalue weighted by Gasteiger charge is 2.18. The molecule has 0 amide bonds. The Morgan fingerprint density at radius 3 is 2.58 bits per heavy atom. The van der Waals surface area contributed by atoms with Crippen LogP contribution in [0.5, 0.6) is 5.75 Å². The van der Waals surface area contributed by atoms with E-state index in [0.717, 1.165) is 0 Å². The van der Waals surface area contributed by atoms with Crippen LogP contribution >= 0.6 is 11.6 Å². The number of aliphatic hydroxyl groups excluding tert-OH is 1. The van der Waals surface area contributed by atoms with Crippen molar-refractivity contribution in [2.45, 2.75) is 19.1 Å². The van der Waals surface area contributed by atoms with Crippen molar-refractivity contribution in [3.8, 4) is 5.75 Å². The average molecular weight is 441 g/mol. The van der Waals surface area contributed by atoms with Gasteiger partial charge in [-0.2, -0.15) is 0 Å². The monoisotopic (exact) mass is 440 g/mol. The summed E-state index contributed by atoms with van der Waals surface area (Å²) in [5, 5.41) is 26.1. The molecule has 31 heavy (non-hydrogen) atoms. The van der Waals surface area contributed by atoms with Crippen LogP contribution in [-0.4, -0.2) is 36.2 Å². The zero-order valence-corrected chi connectivity index (χ0v) is 17.0. The summed E-state index contributed by atoms with van der Waals surface area (Å²) >= 11 is 5.85. The lowest BCUT2D eigenvalue weighted by Crippen LogP contribution is -2.25. The van der Waals surface area contributed by atoms with Crippen LogP contribution in [0.4, 0.5) is 21.8 Å². The Hall–Kier alpha value is -3.56. The number of nitrogens with one attached hydrogen (secondary N) is 2. The molecule has 158 valence electrons. The van der Waals surface area contributed by atoms with Crippen molar-refractivity contribution in [2.75, 3.05) is 10.6 Å². The molecule has 0 bridgehead atoms. The zero-order chi connectivity index (χ0) is 22.0. The zero-order valence-electron chi connectivity index (χ0n) is 16.3. The minimum Gasteiger partial charge on any atom is -0.508 e.